The van der Waals surface area contributed by atoms with E-state index in [9.17, 15) is 13.2 Å². The molecule has 3 aromatic carbocycles. The van der Waals surface area contributed by atoms with Crippen LogP contribution < -0.4 is 15.4 Å². The lowest BCUT2D eigenvalue weighted by Gasteiger charge is -2.14. The van der Waals surface area contributed by atoms with Crippen molar-refractivity contribution in [2.24, 2.45) is 0 Å². The summed E-state index contributed by atoms with van der Waals surface area (Å²) >= 11 is 5.80. The summed E-state index contributed by atoms with van der Waals surface area (Å²) < 4.78 is 27.6. The van der Waals surface area contributed by atoms with E-state index in [1.165, 1.54) is 24.3 Å². The molecule has 0 unspecified atom stereocenters. The molecule has 0 bridgehead atoms. The van der Waals surface area contributed by atoms with Crippen LogP contribution in [-0.2, 0) is 10.0 Å². The molecule has 0 aliphatic rings. The molecule has 0 aromatic heterocycles. The molecule has 0 saturated carbocycles. The van der Waals surface area contributed by atoms with E-state index in [0.29, 0.717) is 16.4 Å². The number of sulfonamides is 1. The van der Waals surface area contributed by atoms with Crippen molar-refractivity contribution in [3.63, 3.8) is 0 Å². The number of nitrogens with one attached hydrogen (secondary N) is 3. The summed E-state index contributed by atoms with van der Waals surface area (Å²) in [6, 6.07) is 20.8. The van der Waals surface area contributed by atoms with E-state index in [2.05, 4.69) is 15.4 Å². The number of benzene rings is 3. The first kappa shape index (κ1) is 18.8. The third kappa shape index (κ3) is 4.99. The van der Waals surface area contributed by atoms with Gasteiger partial charge in [-0.05, 0) is 48.5 Å². The molecular weight excluding hydrogens is 386 g/mol. The van der Waals surface area contributed by atoms with Crippen LogP contribution in [0.4, 0.5) is 21.9 Å². The number of halogens is 1. The smallest absolute Gasteiger partial charge is 0.308 e. The molecule has 27 heavy (non-hydrogen) atoms. The van der Waals surface area contributed by atoms with Gasteiger partial charge in [0.2, 0.25) is 0 Å². The molecule has 0 heterocycles. The highest BCUT2D eigenvalue weighted by molar-refractivity contribution is 7.92. The molecule has 0 saturated heterocycles. The number of carbonyl (C=O) groups excluding carboxylic acids is 1. The largest absolute Gasteiger partial charge is 0.323 e. The fourth-order valence-electron chi connectivity index (χ4n) is 2.30. The van der Waals surface area contributed by atoms with Crippen LogP contribution in [0.1, 0.15) is 0 Å². The van der Waals surface area contributed by atoms with Crippen molar-refractivity contribution in [2.45, 2.75) is 4.90 Å². The quantitative estimate of drug-likeness (QED) is 0.574. The number of hydrogen-bond donors (Lipinski definition) is 3. The maximum Gasteiger partial charge on any atom is 0.323 e. The first-order chi connectivity index (χ1) is 12.9. The van der Waals surface area contributed by atoms with Gasteiger partial charge in [-0.25, -0.2) is 13.2 Å². The lowest BCUT2D eigenvalue weighted by Crippen LogP contribution is -2.21. The molecule has 0 aliphatic carbocycles. The normalized spacial score (nSPS) is 10.9. The minimum Gasteiger partial charge on any atom is -0.308 e. The summed E-state index contributed by atoms with van der Waals surface area (Å²) in [5.74, 6) is 0. The Balaban J connectivity index is 1.77. The molecule has 3 N–H and O–H groups in total. The second kappa shape index (κ2) is 8.11. The summed E-state index contributed by atoms with van der Waals surface area (Å²) in [7, 11) is -3.83. The lowest BCUT2D eigenvalue weighted by molar-refractivity contribution is 0.262. The highest BCUT2D eigenvalue weighted by Gasteiger charge is 2.16. The monoisotopic (exact) mass is 401 g/mol. The predicted octanol–water partition coefficient (Wildman–Crippen LogP) is 4.78. The van der Waals surface area contributed by atoms with Gasteiger partial charge in [0.15, 0.2) is 0 Å². The van der Waals surface area contributed by atoms with Gasteiger partial charge < -0.3 is 10.6 Å². The zero-order valence-electron chi connectivity index (χ0n) is 14.0. The van der Waals surface area contributed by atoms with E-state index in [-0.39, 0.29) is 10.6 Å². The number of anilines is 3. The van der Waals surface area contributed by atoms with Crippen LogP contribution in [-0.4, -0.2) is 14.4 Å². The average Bonchev–Trinajstić information content (AvgIpc) is 2.64. The standard InChI is InChI=1S/C19H16ClN3O3S/c20-14-10-12-16(13-11-14)27(25,26)23-18-9-5-4-8-17(18)22-19(24)21-15-6-2-1-3-7-15/h1-13,23H,(H2,21,22,24). The van der Waals surface area contributed by atoms with Crippen LogP contribution in [0.15, 0.2) is 83.8 Å². The first-order valence-electron chi connectivity index (χ1n) is 7.94. The lowest BCUT2D eigenvalue weighted by atomic mass is 10.3. The fraction of sp³-hybridized carbons (Fsp3) is 0. The van der Waals surface area contributed by atoms with Crippen LogP contribution in [0, 0.1) is 0 Å². The topological polar surface area (TPSA) is 87.3 Å². The van der Waals surface area contributed by atoms with E-state index in [1.54, 1.807) is 48.5 Å². The van der Waals surface area contributed by atoms with Crippen LogP contribution in [0.3, 0.4) is 0 Å². The summed E-state index contributed by atoms with van der Waals surface area (Å²) in [6.07, 6.45) is 0. The highest BCUT2D eigenvalue weighted by atomic mass is 35.5. The second-order valence-corrected chi connectivity index (χ2v) is 7.67. The Labute approximate surface area is 162 Å². The Morgan fingerprint density at radius 2 is 1.33 bits per heavy atom. The van der Waals surface area contributed by atoms with Crippen LogP contribution in [0.25, 0.3) is 0 Å². The predicted molar refractivity (Wildman–Crippen MR) is 108 cm³/mol. The van der Waals surface area contributed by atoms with Gasteiger partial charge in [0.1, 0.15) is 0 Å². The third-order valence-corrected chi connectivity index (χ3v) is 5.21. The highest BCUT2D eigenvalue weighted by Crippen LogP contribution is 2.25. The Kier molecular flexibility index (Phi) is 5.63. The van der Waals surface area contributed by atoms with Crippen molar-refractivity contribution in [1.29, 1.82) is 0 Å². The van der Waals surface area contributed by atoms with Gasteiger partial charge in [-0.15, -0.1) is 0 Å². The summed E-state index contributed by atoms with van der Waals surface area (Å²) in [6.45, 7) is 0. The van der Waals surface area contributed by atoms with E-state index in [0.717, 1.165) is 0 Å². The Morgan fingerprint density at radius 1 is 0.741 bits per heavy atom. The van der Waals surface area contributed by atoms with Crippen LogP contribution >= 0.6 is 11.6 Å². The van der Waals surface area contributed by atoms with E-state index in [4.69, 9.17) is 11.6 Å². The number of rotatable bonds is 5. The minimum absolute atomic E-state index is 0.0652. The molecule has 0 aliphatic heterocycles. The van der Waals surface area contributed by atoms with Gasteiger partial charge in [0.05, 0.1) is 16.3 Å². The fourth-order valence-corrected chi connectivity index (χ4v) is 3.51. The number of amides is 2. The van der Waals surface area contributed by atoms with E-state index < -0.39 is 16.1 Å². The maximum atomic E-state index is 12.6. The summed E-state index contributed by atoms with van der Waals surface area (Å²) in [5, 5.41) is 5.76. The van der Waals surface area contributed by atoms with Crippen molar-refractivity contribution in [3.05, 3.63) is 83.9 Å². The number of carbonyl (C=O) groups is 1. The molecule has 3 rings (SSSR count). The number of urea groups is 1. The van der Waals surface area contributed by atoms with E-state index >= 15 is 0 Å². The summed E-state index contributed by atoms with van der Waals surface area (Å²) in [4.78, 5) is 12.3. The number of para-hydroxylation sites is 3. The average molecular weight is 402 g/mol. The SMILES string of the molecule is O=C(Nc1ccccc1)Nc1ccccc1NS(=O)(=O)c1ccc(Cl)cc1. The molecule has 6 nitrogen and oxygen atoms in total. The molecule has 0 fully saturated rings. The summed E-state index contributed by atoms with van der Waals surface area (Å²) in [5.41, 5.74) is 1.19. The molecule has 0 radical (unpaired) electrons. The number of hydrogen-bond acceptors (Lipinski definition) is 3. The minimum atomic E-state index is -3.83. The van der Waals surface area contributed by atoms with Gasteiger partial charge in [-0.3, -0.25) is 4.72 Å². The maximum absolute atomic E-state index is 12.6. The van der Waals surface area contributed by atoms with Crippen LogP contribution in [0.5, 0.6) is 0 Å². The zero-order chi connectivity index (χ0) is 19.3. The van der Waals surface area contributed by atoms with Gasteiger partial charge in [-0.1, -0.05) is 41.9 Å². The molecular formula is C19H16ClN3O3S. The molecule has 0 atom stereocenters. The van der Waals surface area contributed by atoms with Gasteiger partial charge in [-0.2, -0.15) is 0 Å². The zero-order valence-corrected chi connectivity index (χ0v) is 15.6. The van der Waals surface area contributed by atoms with Gasteiger partial charge >= 0.3 is 6.03 Å². The van der Waals surface area contributed by atoms with Crippen molar-refractivity contribution >= 4 is 44.7 Å². The van der Waals surface area contributed by atoms with Crippen molar-refractivity contribution in [1.82, 2.24) is 0 Å². The molecule has 3 aromatic rings. The van der Waals surface area contributed by atoms with Gasteiger partial charge in [0.25, 0.3) is 10.0 Å². The van der Waals surface area contributed by atoms with Gasteiger partial charge in [0, 0.05) is 10.7 Å². The molecule has 0 spiro atoms. The third-order valence-electron chi connectivity index (χ3n) is 3.58. The Hall–Kier alpha value is -3.03. The Morgan fingerprint density at radius 3 is 2.00 bits per heavy atom. The molecule has 138 valence electrons. The second-order valence-electron chi connectivity index (χ2n) is 5.55. The van der Waals surface area contributed by atoms with Crippen molar-refractivity contribution < 1.29 is 13.2 Å². The first-order valence-corrected chi connectivity index (χ1v) is 9.81. The molecule has 2 amide bonds. The van der Waals surface area contributed by atoms with Crippen molar-refractivity contribution in [3.8, 4) is 0 Å². The van der Waals surface area contributed by atoms with Crippen LogP contribution in [0.2, 0.25) is 5.02 Å². The molecule has 8 heteroatoms. The van der Waals surface area contributed by atoms with E-state index in [1.807, 2.05) is 6.07 Å². The Bertz CT molecular complexity index is 1040. The van der Waals surface area contributed by atoms with Crippen molar-refractivity contribution in [2.75, 3.05) is 15.4 Å².